The van der Waals surface area contributed by atoms with E-state index in [4.69, 9.17) is 5.73 Å². The van der Waals surface area contributed by atoms with Crippen LogP contribution in [0.4, 0.5) is 0 Å². The first-order chi connectivity index (χ1) is 10.1. The Labute approximate surface area is 130 Å². The van der Waals surface area contributed by atoms with Crippen LogP contribution in [-0.2, 0) is 0 Å². The summed E-state index contributed by atoms with van der Waals surface area (Å²) in [4.78, 5) is 0. The lowest BCUT2D eigenvalue weighted by Gasteiger charge is -2.07. The van der Waals surface area contributed by atoms with Crippen LogP contribution in [0.5, 0.6) is 0 Å². The fraction of sp³-hybridized carbons (Fsp3) is 0.474. The number of nitrogens with two attached hydrogens (primary N) is 1. The predicted octanol–water partition coefficient (Wildman–Crippen LogP) is 5.08. The zero-order chi connectivity index (χ0) is 15.7. The van der Waals surface area contributed by atoms with Crippen molar-refractivity contribution in [3.8, 4) is 0 Å². The quantitative estimate of drug-likeness (QED) is 0.610. The average molecular weight is 286 g/mol. The highest BCUT2D eigenvalue weighted by atomic mass is 14.9. The Kier molecular flexibility index (Phi) is 7.66. The van der Waals surface area contributed by atoms with Crippen LogP contribution < -0.4 is 11.1 Å². The van der Waals surface area contributed by atoms with E-state index >= 15 is 0 Å². The smallest absolute Gasteiger partial charge is 0.0572 e. The molecule has 3 N–H and O–H groups in total. The molecule has 0 aromatic heterocycles. The minimum absolute atomic E-state index is 0.789. The third-order valence-electron chi connectivity index (χ3n) is 3.56. The zero-order valence-corrected chi connectivity index (χ0v) is 14.0. The van der Waals surface area contributed by atoms with Crippen molar-refractivity contribution in [1.82, 2.24) is 5.32 Å². The summed E-state index contributed by atoms with van der Waals surface area (Å²) in [5.41, 5.74) is 12.1. The second-order valence-electron chi connectivity index (χ2n) is 5.62. The van der Waals surface area contributed by atoms with Gasteiger partial charge in [-0.05, 0) is 51.2 Å². The SMILES string of the molecule is CC/C=C(NC=C1CC1)/C(N)=C\C=C(C)\C(C)=C\CCC. The Morgan fingerprint density at radius 2 is 1.81 bits per heavy atom. The maximum Gasteiger partial charge on any atom is 0.0572 e. The first-order valence-corrected chi connectivity index (χ1v) is 8.04. The summed E-state index contributed by atoms with van der Waals surface area (Å²) < 4.78 is 0. The van der Waals surface area contributed by atoms with Crippen LogP contribution in [-0.4, -0.2) is 0 Å². The number of nitrogens with one attached hydrogen (secondary N) is 1. The summed E-state index contributed by atoms with van der Waals surface area (Å²) in [6, 6.07) is 0. The summed E-state index contributed by atoms with van der Waals surface area (Å²) >= 11 is 0. The molecule has 0 amide bonds. The molecule has 0 heterocycles. The second kappa shape index (κ2) is 9.28. The van der Waals surface area contributed by atoms with E-state index in [1.54, 1.807) is 0 Å². The Balaban J connectivity index is 2.74. The van der Waals surface area contributed by atoms with Crippen LogP contribution in [0.25, 0.3) is 0 Å². The molecule has 2 nitrogen and oxygen atoms in total. The van der Waals surface area contributed by atoms with E-state index in [1.165, 1.54) is 36.0 Å². The van der Waals surface area contributed by atoms with E-state index in [9.17, 15) is 0 Å². The van der Waals surface area contributed by atoms with E-state index in [2.05, 4.69) is 57.4 Å². The molecule has 116 valence electrons. The van der Waals surface area contributed by atoms with E-state index in [1.807, 2.05) is 6.08 Å². The van der Waals surface area contributed by atoms with Crippen molar-refractivity contribution in [2.45, 2.75) is 59.8 Å². The molecule has 1 aliphatic rings. The molecule has 0 radical (unpaired) electrons. The van der Waals surface area contributed by atoms with E-state index < -0.39 is 0 Å². The molecule has 0 aromatic rings. The molecule has 0 unspecified atom stereocenters. The molecule has 0 aromatic carbocycles. The van der Waals surface area contributed by atoms with Crippen LogP contribution in [0.3, 0.4) is 0 Å². The first kappa shape index (κ1) is 17.4. The van der Waals surface area contributed by atoms with Crippen molar-refractivity contribution in [3.63, 3.8) is 0 Å². The summed E-state index contributed by atoms with van der Waals surface area (Å²) in [5, 5.41) is 3.33. The Bertz CT molecular complexity index is 482. The fourth-order valence-corrected chi connectivity index (χ4v) is 1.82. The number of allylic oxidation sites excluding steroid dienone is 7. The minimum atomic E-state index is 0.789. The number of hydrogen-bond acceptors (Lipinski definition) is 2. The number of hydrogen-bond donors (Lipinski definition) is 2. The van der Waals surface area contributed by atoms with Crippen molar-refractivity contribution < 1.29 is 0 Å². The fourth-order valence-electron chi connectivity index (χ4n) is 1.82. The lowest BCUT2D eigenvalue weighted by atomic mass is 10.1. The van der Waals surface area contributed by atoms with Gasteiger partial charge in [-0.25, -0.2) is 0 Å². The molecule has 0 bridgehead atoms. The third-order valence-corrected chi connectivity index (χ3v) is 3.56. The summed E-state index contributed by atoms with van der Waals surface area (Å²) in [5.74, 6) is 0. The second-order valence-corrected chi connectivity index (χ2v) is 5.62. The van der Waals surface area contributed by atoms with Gasteiger partial charge in [-0.15, -0.1) is 0 Å². The Hall–Kier alpha value is -1.70. The van der Waals surface area contributed by atoms with Crippen molar-refractivity contribution >= 4 is 0 Å². The van der Waals surface area contributed by atoms with Crippen molar-refractivity contribution in [1.29, 1.82) is 0 Å². The van der Waals surface area contributed by atoms with Gasteiger partial charge >= 0.3 is 0 Å². The van der Waals surface area contributed by atoms with Gasteiger partial charge in [-0.1, -0.05) is 49.6 Å². The summed E-state index contributed by atoms with van der Waals surface area (Å²) in [7, 11) is 0. The van der Waals surface area contributed by atoms with Gasteiger partial charge in [-0.3, -0.25) is 0 Å². The number of rotatable bonds is 8. The van der Waals surface area contributed by atoms with Gasteiger partial charge in [0.15, 0.2) is 0 Å². The van der Waals surface area contributed by atoms with Gasteiger partial charge in [0.1, 0.15) is 0 Å². The van der Waals surface area contributed by atoms with Crippen LogP contribution in [0, 0.1) is 0 Å². The highest BCUT2D eigenvalue weighted by molar-refractivity contribution is 5.36. The topological polar surface area (TPSA) is 38.0 Å². The lowest BCUT2D eigenvalue weighted by molar-refractivity contribution is 0.949. The molecule has 1 saturated carbocycles. The van der Waals surface area contributed by atoms with E-state index in [-0.39, 0.29) is 0 Å². The molecule has 1 fully saturated rings. The largest absolute Gasteiger partial charge is 0.397 e. The molecule has 0 atom stereocenters. The normalized spacial score (nSPS) is 17.0. The molecule has 0 saturated heterocycles. The summed E-state index contributed by atoms with van der Waals surface area (Å²) in [6.07, 6.45) is 16.3. The van der Waals surface area contributed by atoms with Crippen LogP contribution >= 0.6 is 0 Å². The van der Waals surface area contributed by atoms with E-state index in [0.29, 0.717) is 0 Å². The van der Waals surface area contributed by atoms with Gasteiger partial charge in [0.25, 0.3) is 0 Å². The monoisotopic (exact) mass is 286 g/mol. The molecule has 0 spiro atoms. The highest BCUT2D eigenvalue weighted by Crippen LogP contribution is 2.26. The molecular formula is C19H30N2. The molecular weight excluding hydrogens is 256 g/mol. The van der Waals surface area contributed by atoms with Crippen molar-refractivity contribution in [3.05, 3.63) is 58.6 Å². The minimum Gasteiger partial charge on any atom is -0.397 e. The van der Waals surface area contributed by atoms with Crippen LogP contribution in [0.1, 0.15) is 59.8 Å². The Morgan fingerprint density at radius 3 is 2.38 bits per heavy atom. The van der Waals surface area contributed by atoms with Crippen molar-refractivity contribution in [2.75, 3.05) is 0 Å². The average Bonchev–Trinajstić information content (AvgIpc) is 3.30. The van der Waals surface area contributed by atoms with Gasteiger partial charge < -0.3 is 11.1 Å². The number of unbranched alkanes of at least 4 members (excludes halogenated alkanes) is 1. The van der Waals surface area contributed by atoms with Gasteiger partial charge in [0, 0.05) is 6.20 Å². The standard InChI is InChI=1S/C19H30N2/c1-5-7-9-15(3)16(4)10-13-18(20)19(8-6-2)21-14-17-11-12-17/h8-10,13-14,21H,5-7,11-12,20H2,1-4H3/b15-9+,16-10+,18-13+,19-8-. The van der Waals surface area contributed by atoms with E-state index in [0.717, 1.165) is 24.2 Å². The van der Waals surface area contributed by atoms with Crippen LogP contribution in [0.15, 0.2) is 58.6 Å². The summed E-state index contributed by atoms with van der Waals surface area (Å²) in [6.45, 7) is 8.61. The molecule has 1 aliphatic carbocycles. The maximum absolute atomic E-state index is 6.20. The van der Waals surface area contributed by atoms with Crippen molar-refractivity contribution in [2.24, 2.45) is 5.73 Å². The van der Waals surface area contributed by atoms with Gasteiger partial charge in [0.2, 0.25) is 0 Å². The zero-order valence-electron chi connectivity index (χ0n) is 14.0. The molecule has 0 aliphatic heterocycles. The molecule has 21 heavy (non-hydrogen) atoms. The van der Waals surface area contributed by atoms with Crippen LogP contribution in [0.2, 0.25) is 0 Å². The third kappa shape index (κ3) is 7.03. The van der Waals surface area contributed by atoms with Gasteiger partial charge in [-0.2, -0.15) is 0 Å². The maximum atomic E-state index is 6.20. The molecule has 2 heteroatoms. The molecule has 1 rings (SSSR count). The predicted molar refractivity (Wildman–Crippen MR) is 93.5 cm³/mol. The van der Waals surface area contributed by atoms with Gasteiger partial charge in [0.05, 0.1) is 11.4 Å². The highest BCUT2D eigenvalue weighted by Gasteiger charge is 2.10. The first-order valence-electron chi connectivity index (χ1n) is 8.04. The lowest BCUT2D eigenvalue weighted by Crippen LogP contribution is -2.13. The Morgan fingerprint density at radius 1 is 1.10 bits per heavy atom.